The van der Waals surface area contributed by atoms with Gasteiger partial charge in [-0.2, -0.15) is 0 Å². The van der Waals surface area contributed by atoms with Gasteiger partial charge in [0.25, 0.3) is 0 Å². The quantitative estimate of drug-likeness (QED) is 0.836. The van der Waals surface area contributed by atoms with Gasteiger partial charge in [0.15, 0.2) is 10.9 Å². The number of rotatable bonds is 2. The zero-order valence-electron chi connectivity index (χ0n) is 16.8. The third-order valence-corrected chi connectivity index (χ3v) is 6.24. The van der Waals surface area contributed by atoms with Crippen LogP contribution in [0, 0.1) is 16.7 Å². The Morgan fingerprint density at radius 1 is 1.26 bits per heavy atom. The number of ketones is 1. The van der Waals surface area contributed by atoms with Crippen molar-refractivity contribution in [3.05, 3.63) is 10.6 Å². The average Bonchev–Trinajstić information content (AvgIpc) is 2.94. The van der Waals surface area contributed by atoms with Crippen LogP contribution in [0.25, 0.3) is 0 Å². The van der Waals surface area contributed by atoms with Crippen LogP contribution in [-0.2, 0) is 16.0 Å². The number of carbonyl (C=O) groups is 3. The SMILES string of the molecule is CC1(C)CC(=O)c2sc(NC(=O)C3CCCN(C(=O)C(C)(C)C)C3)nc2C1. The van der Waals surface area contributed by atoms with Gasteiger partial charge in [0.05, 0.1) is 16.5 Å². The van der Waals surface area contributed by atoms with Gasteiger partial charge in [0, 0.05) is 24.9 Å². The Morgan fingerprint density at radius 2 is 1.96 bits per heavy atom. The van der Waals surface area contributed by atoms with E-state index >= 15 is 0 Å². The number of anilines is 1. The van der Waals surface area contributed by atoms with Gasteiger partial charge in [-0.05, 0) is 24.7 Å². The molecule has 148 valence electrons. The minimum Gasteiger partial charge on any atom is -0.341 e. The summed E-state index contributed by atoms with van der Waals surface area (Å²) in [5.41, 5.74) is 0.265. The van der Waals surface area contributed by atoms with Gasteiger partial charge < -0.3 is 10.2 Å². The lowest BCUT2D eigenvalue weighted by Gasteiger charge is -2.35. The van der Waals surface area contributed by atoms with Crippen LogP contribution in [0.15, 0.2) is 0 Å². The van der Waals surface area contributed by atoms with Crippen molar-refractivity contribution in [1.29, 1.82) is 0 Å². The second-order valence-corrected chi connectivity index (χ2v) is 10.6. The van der Waals surface area contributed by atoms with Crippen LogP contribution in [0.4, 0.5) is 5.13 Å². The highest BCUT2D eigenvalue weighted by molar-refractivity contribution is 7.17. The average molecular weight is 392 g/mol. The highest BCUT2D eigenvalue weighted by Crippen LogP contribution is 2.38. The van der Waals surface area contributed by atoms with Crippen LogP contribution < -0.4 is 5.32 Å². The second kappa shape index (κ2) is 7.00. The van der Waals surface area contributed by atoms with Crippen molar-refractivity contribution in [2.45, 2.75) is 60.3 Å². The van der Waals surface area contributed by atoms with Gasteiger partial charge in [-0.3, -0.25) is 14.4 Å². The van der Waals surface area contributed by atoms with Crippen LogP contribution >= 0.6 is 11.3 Å². The van der Waals surface area contributed by atoms with Crippen molar-refractivity contribution in [3.8, 4) is 0 Å². The molecular formula is C20H29N3O3S. The van der Waals surface area contributed by atoms with E-state index in [0.717, 1.165) is 25.0 Å². The van der Waals surface area contributed by atoms with Crippen LogP contribution in [0.3, 0.4) is 0 Å². The van der Waals surface area contributed by atoms with Crippen molar-refractivity contribution >= 4 is 34.1 Å². The number of amides is 2. The van der Waals surface area contributed by atoms with Crippen molar-refractivity contribution < 1.29 is 14.4 Å². The molecule has 0 spiro atoms. The summed E-state index contributed by atoms with van der Waals surface area (Å²) in [5, 5.41) is 3.39. The molecule has 1 aliphatic carbocycles. The minimum absolute atomic E-state index is 0.0811. The highest BCUT2D eigenvalue weighted by Gasteiger charge is 2.36. The minimum atomic E-state index is -0.445. The summed E-state index contributed by atoms with van der Waals surface area (Å²) in [7, 11) is 0. The van der Waals surface area contributed by atoms with Gasteiger partial charge in [0.2, 0.25) is 11.8 Å². The number of carbonyl (C=O) groups excluding carboxylic acids is 3. The first-order chi connectivity index (χ1) is 12.5. The molecule has 1 fully saturated rings. The molecule has 0 radical (unpaired) electrons. The maximum Gasteiger partial charge on any atom is 0.231 e. The summed E-state index contributed by atoms with van der Waals surface area (Å²) in [4.78, 5) is 44.6. The molecule has 0 aromatic carbocycles. The topological polar surface area (TPSA) is 79.4 Å². The van der Waals surface area contributed by atoms with Crippen molar-refractivity contribution in [3.63, 3.8) is 0 Å². The van der Waals surface area contributed by atoms with E-state index in [1.165, 1.54) is 11.3 Å². The smallest absolute Gasteiger partial charge is 0.231 e. The van der Waals surface area contributed by atoms with Crippen LogP contribution in [0.5, 0.6) is 0 Å². The Bertz CT molecular complexity index is 776. The zero-order valence-corrected chi connectivity index (χ0v) is 17.7. The molecule has 1 aromatic rings. The lowest BCUT2D eigenvalue weighted by atomic mass is 9.78. The summed E-state index contributed by atoms with van der Waals surface area (Å²) < 4.78 is 0. The lowest BCUT2D eigenvalue weighted by molar-refractivity contribution is -0.142. The van der Waals surface area contributed by atoms with E-state index in [9.17, 15) is 14.4 Å². The lowest BCUT2D eigenvalue weighted by Crippen LogP contribution is -2.47. The molecule has 1 unspecified atom stereocenters. The molecule has 2 aliphatic rings. The van der Waals surface area contributed by atoms with Gasteiger partial charge in [0.1, 0.15) is 0 Å². The van der Waals surface area contributed by atoms with E-state index in [4.69, 9.17) is 0 Å². The summed E-state index contributed by atoms with van der Waals surface area (Å²) in [6.07, 6.45) is 2.84. The third kappa shape index (κ3) is 4.39. The monoisotopic (exact) mass is 391 g/mol. The number of fused-ring (bicyclic) bond motifs is 1. The summed E-state index contributed by atoms with van der Waals surface area (Å²) >= 11 is 1.27. The fraction of sp³-hybridized carbons (Fsp3) is 0.700. The van der Waals surface area contributed by atoms with E-state index in [1.807, 2.05) is 20.8 Å². The molecule has 1 aliphatic heterocycles. The molecule has 0 saturated carbocycles. The summed E-state index contributed by atoms with van der Waals surface area (Å²) in [6, 6.07) is 0. The Kier molecular flexibility index (Phi) is 5.18. The predicted molar refractivity (Wildman–Crippen MR) is 106 cm³/mol. The third-order valence-electron chi connectivity index (χ3n) is 5.19. The van der Waals surface area contributed by atoms with E-state index in [1.54, 1.807) is 4.90 Å². The standard InChI is InChI=1S/C20H29N3O3S/c1-19(2,3)17(26)23-8-6-7-12(11-23)16(25)22-18-21-13-9-20(4,5)10-14(24)15(13)27-18/h12H,6-11H2,1-5H3,(H,21,22,25). The molecule has 2 amide bonds. The molecule has 6 nitrogen and oxygen atoms in total. The van der Waals surface area contributed by atoms with Crippen LogP contribution in [-0.4, -0.2) is 40.6 Å². The molecule has 1 atom stereocenters. The molecule has 1 N–H and O–H groups in total. The number of piperidine rings is 1. The normalized spacial score (nSPS) is 22.3. The predicted octanol–water partition coefficient (Wildman–Crippen LogP) is 3.52. The number of hydrogen-bond donors (Lipinski definition) is 1. The Labute approximate surface area is 164 Å². The molecule has 3 rings (SSSR count). The first kappa shape index (κ1) is 20.0. The number of Topliss-reactive ketones (excluding diaryl/α,β-unsaturated/α-hetero) is 1. The fourth-order valence-electron chi connectivity index (χ4n) is 3.83. The maximum atomic E-state index is 12.7. The van der Waals surface area contributed by atoms with Crippen molar-refractivity contribution in [2.24, 2.45) is 16.7 Å². The fourth-order valence-corrected chi connectivity index (χ4v) is 4.75. The van der Waals surface area contributed by atoms with Gasteiger partial charge in [-0.25, -0.2) is 4.98 Å². The number of nitrogens with one attached hydrogen (secondary N) is 1. The molecule has 1 saturated heterocycles. The number of likely N-dealkylation sites (tertiary alicyclic amines) is 1. The molecule has 2 heterocycles. The van der Waals surface area contributed by atoms with Crippen molar-refractivity contribution in [1.82, 2.24) is 9.88 Å². The van der Waals surface area contributed by atoms with Crippen LogP contribution in [0.2, 0.25) is 0 Å². The van der Waals surface area contributed by atoms with Gasteiger partial charge >= 0.3 is 0 Å². The Morgan fingerprint density at radius 3 is 2.63 bits per heavy atom. The van der Waals surface area contributed by atoms with Crippen molar-refractivity contribution in [2.75, 3.05) is 18.4 Å². The van der Waals surface area contributed by atoms with E-state index in [-0.39, 0.29) is 28.9 Å². The number of aromatic nitrogens is 1. The van der Waals surface area contributed by atoms with Gasteiger partial charge in [-0.1, -0.05) is 46.0 Å². The molecule has 27 heavy (non-hydrogen) atoms. The Balaban J connectivity index is 1.68. The number of nitrogens with zero attached hydrogens (tertiary/aromatic N) is 2. The number of thiazole rings is 1. The molecule has 0 bridgehead atoms. The first-order valence-corrected chi connectivity index (χ1v) is 10.4. The maximum absolute atomic E-state index is 12.7. The van der Waals surface area contributed by atoms with E-state index < -0.39 is 5.41 Å². The zero-order chi connectivity index (χ0) is 20.0. The second-order valence-electron chi connectivity index (χ2n) is 9.57. The molecule has 7 heteroatoms. The van der Waals surface area contributed by atoms with Crippen LogP contribution in [0.1, 0.15) is 69.2 Å². The number of hydrogen-bond acceptors (Lipinski definition) is 5. The Hall–Kier alpha value is -1.76. The summed E-state index contributed by atoms with van der Waals surface area (Å²) in [5.74, 6) is -0.159. The first-order valence-electron chi connectivity index (χ1n) is 9.59. The molecular weight excluding hydrogens is 362 g/mol. The van der Waals surface area contributed by atoms with E-state index in [2.05, 4.69) is 24.1 Å². The largest absolute Gasteiger partial charge is 0.341 e. The summed E-state index contributed by atoms with van der Waals surface area (Å²) in [6.45, 7) is 11.0. The highest BCUT2D eigenvalue weighted by atomic mass is 32.1. The van der Waals surface area contributed by atoms with E-state index in [0.29, 0.717) is 29.5 Å². The van der Waals surface area contributed by atoms with Gasteiger partial charge in [-0.15, -0.1) is 0 Å². The molecule has 1 aromatic heterocycles.